The average molecular weight is 804 g/mol. The maximum absolute atomic E-state index is 6.21. The van der Waals surface area contributed by atoms with Gasteiger partial charge in [-0.15, -0.1) is 0 Å². The molecule has 4 heteroatoms. The molecule has 4 nitrogen and oxygen atoms in total. The van der Waals surface area contributed by atoms with Gasteiger partial charge in [0.15, 0.2) is 17.5 Å². The molecular weight excluding hydrogens is 767 g/mol. The molecule has 11 aromatic rings. The van der Waals surface area contributed by atoms with Crippen molar-refractivity contribution in [2.45, 2.75) is 10.8 Å². The summed E-state index contributed by atoms with van der Waals surface area (Å²) in [7, 11) is 0. The van der Waals surface area contributed by atoms with E-state index in [1.54, 1.807) is 0 Å². The van der Waals surface area contributed by atoms with E-state index < -0.39 is 10.8 Å². The van der Waals surface area contributed by atoms with Gasteiger partial charge in [0.05, 0.1) is 10.8 Å². The standard InChI is InChI=1S/C59H37N3O/c1-4-18-38(19-5-1)55-60-56(62-57(61-55)40-34-35-53-47(37-40)45-27-11-15-33-52(45)63-53)39-20-16-25-43(36-39)58(41-21-6-2-7-22-41)49-30-13-14-31-50(49)59(42-23-8-3-9-24-42)48-29-12-10-26-44(48)46-28-17-32-51(58)54(46)59/h1-37H. The van der Waals surface area contributed by atoms with E-state index in [-0.39, 0.29) is 0 Å². The van der Waals surface area contributed by atoms with Crippen molar-refractivity contribution in [2.24, 2.45) is 0 Å². The molecule has 63 heavy (non-hydrogen) atoms. The van der Waals surface area contributed by atoms with Crippen molar-refractivity contribution in [2.75, 3.05) is 0 Å². The summed E-state index contributed by atoms with van der Waals surface area (Å²) in [6.07, 6.45) is 0. The van der Waals surface area contributed by atoms with Crippen molar-refractivity contribution in [3.05, 3.63) is 269 Å². The molecule has 9 aromatic carbocycles. The van der Waals surface area contributed by atoms with E-state index in [0.29, 0.717) is 17.5 Å². The van der Waals surface area contributed by atoms with E-state index >= 15 is 0 Å². The number of furan rings is 1. The second kappa shape index (κ2) is 13.7. The van der Waals surface area contributed by atoms with Crippen molar-refractivity contribution in [3.8, 4) is 45.3 Å². The molecule has 2 aromatic heterocycles. The Labute approximate surface area is 364 Å². The Kier molecular flexibility index (Phi) is 7.70. The molecule has 0 saturated carbocycles. The largest absolute Gasteiger partial charge is 0.456 e. The van der Waals surface area contributed by atoms with Gasteiger partial charge in [-0.3, -0.25) is 0 Å². The van der Waals surface area contributed by atoms with Crippen LogP contribution < -0.4 is 0 Å². The zero-order valence-electron chi connectivity index (χ0n) is 34.1. The Morgan fingerprint density at radius 2 is 0.794 bits per heavy atom. The number of para-hydroxylation sites is 1. The van der Waals surface area contributed by atoms with Gasteiger partial charge >= 0.3 is 0 Å². The first-order valence-electron chi connectivity index (χ1n) is 21.5. The second-order valence-corrected chi connectivity index (χ2v) is 16.6. The minimum absolute atomic E-state index is 0.522. The Balaban J connectivity index is 1.08. The first-order chi connectivity index (χ1) is 31.2. The molecule has 0 aliphatic heterocycles. The minimum atomic E-state index is -0.703. The van der Waals surface area contributed by atoms with E-state index in [0.717, 1.165) is 44.2 Å². The lowest BCUT2D eigenvalue weighted by Crippen LogP contribution is -2.44. The highest BCUT2D eigenvalue weighted by molar-refractivity contribution is 6.06. The molecule has 2 atom stereocenters. The maximum atomic E-state index is 6.21. The van der Waals surface area contributed by atoms with Crippen LogP contribution in [0.4, 0.5) is 0 Å². The van der Waals surface area contributed by atoms with Crippen LogP contribution in [0, 0.1) is 0 Å². The highest BCUT2D eigenvalue weighted by atomic mass is 16.3. The van der Waals surface area contributed by atoms with E-state index in [1.165, 1.54) is 50.1 Å². The van der Waals surface area contributed by atoms with Gasteiger partial charge < -0.3 is 4.42 Å². The Morgan fingerprint density at radius 1 is 0.302 bits per heavy atom. The van der Waals surface area contributed by atoms with Crippen molar-refractivity contribution >= 4 is 21.9 Å². The summed E-state index contributed by atoms with van der Waals surface area (Å²) in [6, 6.07) is 80.8. The molecule has 0 spiro atoms. The van der Waals surface area contributed by atoms with Gasteiger partial charge in [0.1, 0.15) is 11.2 Å². The highest BCUT2D eigenvalue weighted by Crippen LogP contribution is 2.65. The van der Waals surface area contributed by atoms with E-state index in [9.17, 15) is 0 Å². The summed E-state index contributed by atoms with van der Waals surface area (Å²) in [5.74, 6) is 1.82. The SMILES string of the molecule is c1ccc(-c2nc(-c3cccc(C4(c5ccccc5)c5ccccc5C5(c6ccccc6)c6ccccc6-c6cccc4c65)c3)nc(-c3ccc4oc5ccccc5c4c3)n2)cc1. The molecule has 2 unspecified atom stereocenters. The molecule has 13 rings (SSSR count). The zero-order valence-corrected chi connectivity index (χ0v) is 34.1. The van der Waals surface area contributed by atoms with Crippen LogP contribution >= 0.6 is 0 Å². The highest BCUT2D eigenvalue weighted by Gasteiger charge is 2.57. The maximum Gasteiger partial charge on any atom is 0.164 e. The number of benzene rings is 9. The summed E-state index contributed by atoms with van der Waals surface area (Å²) >= 11 is 0. The van der Waals surface area contributed by atoms with Gasteiger partial charge in [0, 0.05) is 27.5 Å². The molecule has 0 radical (unpaired) electrons. The predicted octanol–water partition coefficient (Wildman–Crippen LogP) is 13.8. The van der Waals surface area contributed by atoms with Gasteiger partial charge in [-0.2, -0.15) is 0 Å². The van der Waals surface area contributed by atoms with Crippen LogP contribution in [0.1, 0.15) is 44.5 Å². The lowest BCUT2D eigenvalue weighted by atomic mass is 9.51. The minimum Gasteiger partial charge on any atom is -0.456 e. The lowest BCUT2D eigenvalue weighted by molar-refractivity contribution is 0.627. The summed E-state index contributed by atoms with van der Waals surface area (Å²) in [4.78, 5) is 15.7. The van der Waals surface area contributed by atoms with Crippen LogP contribution in [0.5, 0.6) is 0 Å². The van der Waals surface area contributed by atoms with Gasteiger partial charge in [-0.1, -0.05) is 194 Å². The summed E-state index contributed by atoms with van der Waals surface area (Å²) in [6.45, 7) is 0. The second-order valence-electron chi connectivity index (χ2n) is 16.6. The summed E-state index contributed by atoms with van der Waals surface area (Å²) in [5, 5.41) is 2.09. The molecule has 2 heterocycles. The average Bonchev–Trinajstić information content (AvgIpc) is 3.89. The van der Waals surface area contributed by atoms with Crippen LogP contribution in [-0.2, 0) is 10.8 Å². The molecule has 0 saturated heterocycles. The number of aromatic nitrogens is 3. The van der Waals surface area contributed by atoms with Crippen molar-refractivity contribution in [1.82, 2.24) is 15.0 Å². The molecule has 0 N–H and O–H groups in total. The fourth-order valence-electron chi connectivity index (χ4n) is 11.0. The summed E-state index contributed by atoms with van der Waals surface area (Å²) < 4.78 is 6.21. The molecule has 0 amide bonds. The monoisotopic (exact) mass is 803 g/mol. The van der Waals surface area contributed by atoms with Gasteiger partial charge in [-0.05, 0) is 86.0 Å². The number of nitrogens with zero attached hydrogens (tertiary/aromatic N) is 3. The number of hydrogen-bond donors (Lipinski definition) is 0. The third kappa shape index (κ3) is 5.00. The topological polar surface area (TPSA) is 51.8 Å². The first kappa shape index (κ1) is 35.5. The van der Waals surface area contributed by atoms with Crippen LogP contribution in [-0.4, -0.2) is 15.0 Å². The van der Waals surface area contributed by atoms with Gasteiger partial charge in [0.25, 0.3) is 0 Å². The van der Waals surface area contributed by atoms with Crippen LogP contribution in [0.25, 0.3) is 67.2 Å². The Hall–Kier alpha value is -8.21. The molecule has 0 bridgehead atoms. The zero-order chi connectivity index (χ0) is 41.5. The van der Waals surface area contributed by atoms with E-state index in [2.05, 4.69) is 176 Å². The van der Waals surface area contributed by atoms with Crippen molar-refractivity contribution < 1.29 is 4.42 Å². The summed E-state index contributed by atoms with van der Waals surface area (Å²) in [5.41, 5.74) is 15.8. The number of rotatable bonds is 6. The molecular formula is C59H37N3O. The molecule has 2 aliphatic rings. The molecule has 0 fully saturated rings. The van der Waals surface area contributed by atoms with Crippen LogP contribution in [0.2, 0.25) is 0 Å². The van der Waals surface area contributed by atoms with Crippen LogP contribution in [0.15, 0.2) is 229 Å². The quantitative estimate of drug-likeness (QED) is 0.168. The number of fused-ring (bicyclic) bond motifs is 8. The van der Waals surface area contributed by atoms with E-state index in [1.807, 2.05) is 48.5 Å². The third-order valence-corrected chi connectivity index (χ3v) is 13.5. The van der Waals surface area contributed by atoms with Crippen molar-refractivity contribution in [3.63, 3.8) is 0 Å². The third-order valence-electron chi connectivity index (χ3n) is 13.5. The Morgan fingerprint density at radius 3 is 1.54 bits per heavy atom. The fourth-order valence-corrected chi connectivity index (χ4v) is 11.0. The smallest absolute Gasteiger partial charge is 0.164 e. The van der Waals surface area contributed by atoms with Gasteiger partial charge in [-0.25, -0.2) is 15.0 Å². The molecule has 294 valence electrons. The fraction of sp³-hybridized carbons (Fsp3) is 0.0339. The predicted molar refractivity (Wildman–Crippen MR) is 253 cm³/mol. The molecule has 2 aliphatic carbocycles. The van der Waals surface area contributed by atoms with Crippen molar-refractivity contribution in [1.29, 1.82) is 0 Å². The van der Waals surface area contributed by atoms with E-state index in [4.69, 9.17) is 19.4 Å². The lowest BCUT2D eigenvalue weighted by Gasteiger charge is -2.49. The van der Waals surface area contributed by atoms with Crippen LogP contribution in [0.3, 0.4) is 0 Å². The number of hydrogen-bond acceptors (Lipinski definition) is 4. The normalized spacial score (nSPS) is 17.0. The van der Waals surface area contributed by atoms with Gasteiger partial charge in [0.2, 0.25) is 0 Å². The first-order valence-corrected chi connectivity index (χ1v) is 21.5. The Bertz CT molecular complexity index is 3580.